The van der Waals surface area contributed by atoms with Gasteiger partial charge in [0.15, 0.2) is 11.6 Å². The molecule has 3 fully saturated rings. The average Bonchev–Trinajstić information content (AvgIpc) is 3.02. The van der Waals surface area contributed by atoms with Crippen LogP contribution in [-0.2, 0) is 14.3 Å². The van der Waals surface area contributed by atoms with E-state index in [-0.39, 0.29) is 48.2 Å². The van der Waals surface area contributed by atoms with Gasteiger partial charge in [0.05, 0.1) is 18.8 Å². The van der Waals surface area contributed by atoms with Crippen LogP contribution in [-0.4, -0.2) is 62.0 Å². The Labute approximate surface area is 190 Å². The Morgan fingerprint density at radius 3 is 2.30 bits per heavy atom. The number of anilines is 2. The molecule has 180 valence electrons. The second kappa shape index (κ2) is 8.35. The van der Waals surface area contributed by atoms with Crippen LogP contribution < -0.4 is 20.4 Å². The zero-order valence-electron chi connectivity index (χ0n) is 19.0. The molecule has 3 amide bonds. The Morgan fingerprint density at radius 1 is 1.15 bits per heavy atom. The largest absolute Gasteiger partial charge is 0.444 e. The Balaban J connectivity index is 1.37. The molecular weight excluding hydrogens is 438 g/mol. The first-order chi connectivity index (χ1) is 15.4. The lowest BCUT2D eigenvalue weighted by atomic mass is 10.2. The summed E-state index contributed by atoms with van der Waals surface area (Å²) < 4.78 is 40.3. The number of fused-ring (bicyclic) bond motifs is 1. The van der Waals surface area contributed by atoms with E-state index in [0.29, 0.717) is 13.1 Å². The molecule has 0 aromatic heterocycles. The van der Waals surface area contributed by atoms with Gasteiger partial charge in [-0.05, 0) is 20.8 Å². The van der Waals surface area contributed by atoms with Crippen LogP contribution in [0.3, 0.4) is 0 Å². The smallest absolute Gasteiger partial charge is 0.414 e. The highest BCUT2D eigenvalue weighted by Gasteiger charge is 2.57. The molecular formula is C22H28F2N4O5. The molecule has 9 nitrogen and oxygen atoms in total. The van der Waals surface area contributed by atoms with Gasteiger partial charge < -0.3 is 25.0 Å². The van der Waals surface area contributed by atoms with Crippen molar-refractivity contribution < 1.29 is 32.6 Å². The summed E-state index contributed by atoms with van der Waals surface area (Å²) in [5.41, 5.74) is -0.693. The van der Waals surface area contributed by atoms with Gasteiger partial charge in [0.2, 0.25) is 5.91 Å². The minimum absolute atomic E-state index is 0.0536. The van der Waals surface area contributed by atoms with Crippen LogP contribution >= 0.6 is 0 Å². The maximum absolute atomic E-state index is 14.9. The highest BCUT2D eigenvalue weighted by atomic mass is 19.1. The Morgan fingerprint density at radius 2 is 1.76 bits per heavy atom. The van der Waals surface area contributed by atoms with Gasteiger partial charge in [-0.2, -0.15) is 0 Å². The first-order valence-corrected chi connectivity index (χ1v) is 10.9. The summed E-state index contributed by atoms with van der Waals surface area (Å²) in [5, 5.41) is 5.38. The normalized spacial score (nSPS) is 26.1. The predicted octanol–water partition coefficient (Wildman–Crippen LogP) is 2.39. The molecule has 1 saturated carbocycles. The summed E-state index contributed by atoms with van der Waals surface area (Å²) in [5.74, 6) is -1.63. The SMILES string of the molecule is CC(=O)NCC1CN(c2cc(F)c(N3CC4C(C3)C4NC(=O)OC(C)(C)C)c(F)c2)C(=O)O1. The quantitative estimate of drug-likeness (QED) is 0.691. The van der Waals surface area contributed by atoms with Crippen LogP contribution in [0.15, 0.2) is 12.1 Å². The van der Waals surface area contributed by atoms with E-state index in [1.165, 1.54) is 6.92 Å². The number of alkyl carbamates (subject to hydrolysis) is 1. The van der Waals surface area contributed by atoms with Crippen molar-refractivity contribution in [2.45, 2.75) is 45.4 Å². The monoisotopic (exact) mass is 466 g/mol. The number of rotatable bonds is 5. The highest BCUT2D eigenvalue weighted by molar-refractivity contribution is 5.90. The molecule has 1 aliphatic carbocycles. The molecule has 4 rings (SSSR count). The number of amides is 3. The van der Waals surface area contributed by atoms with Crippen molar-refractivity contribution in [2.75, 3.05) is 36.0 Å². The Hall–Kier alpha value is -3.11. The topological polar surface area (TPSA) is 100 Å². The number of halogens is 2. The number of piperidine rings is 1. The van der Waals surface area contributed by atoms with E-state index in [2.05, 4.69) is 10.6 Å². The molecule has 3 aliphatic rings. The summed E-state index contributed by atoms with van der Waals surface area (Å²) in [6.07, 6.45) is -1.83. The summed E-state index contributed by atoms with van der Waals surface area (Å²) >= 11 is 0. The summed E-state index contributed by atoms with van der Waals surface area (Å²) in [6.45, 7) is 7.69. The van der Waals surface area contributed by atoms with Crippen molar-refractivity contribution in [3.8, 4) is 0 Å². The molecule has 0 bridgehead atoms. The van der Waals surface area contributed by atoms with Crippen LogP contribution in [0.25, 0.3) is 0 Å². The third kappa shape index (κ3) is 4.96. The third-order valence-corrected chi connectivity index (χ3v) is 5.96. The number of carbonyl (C=O) groups is 3. The fourth-order valence-electron chi connectivity index (χ4n) is 4.47. The molecule has 2 N–H and O–H groups in total. The molecule has 0 radical (unpaired) electrons. The lowest BCUT2D eigenvalue weighted by Crippen LogP contribution is -2.38. The van der Waals surface area contributed by atoms with Crippen molar-refractivity contribution in [2.24, 2.45) is 11.8 Å². The van der Waals surface area contributed by atoms with E-state index in [0.717, 1.165) is 17.0 Å². The van der Waals surface area contributed by atoms with Crippen LogP contribution in [0.1, 0.15) is 27.7 Å². The zero-order valence-corrected chi connectivity index (χ0v) is 19.0. The fourth-order valence-corrected chi connectivity index (χ4v) is 4.47. The Bertz CT molecular complexity index is 947. The average molecular weight is 466 g/mol. The molecule has 33 heavy (non-hydrogen) atoms. The maximum atomic E-state index is 14.9. The molecule has 1 aromatic carbocycles. The van der Waals surface area contributed by atoms with E-state index in [1.54, 1.807) is 25.7 Å². The highest BCUT2D eigenvalue weighted by Crippen LogP contribution is 2.48. The molecule has 0 spiro atoms. The van der Waals surface area contributed by atoms with Gasteiger partial charge in [0.1, 0.15) is 17.4 Å². The maximum Gasteiger partial charge on any atom is 0.414 e. The van der Waals surface area contributed by atoms with E-state index in [4.69, 9.17) is 9.47 Å². The van der Waals surface area contributed by atoms with Crippen molar-refractivity contribution in [1.82, 2.24) is 10.6 Å². The zero-order chi connectivity index (χ0) is 24.1. The number of benzene rings is 1. The van der Waals surface area contributed by atoms with Crippen LogP contribution in [0.4, 0.5) is 29.7 Å². The molecule has 11 heteroatoms. The summed E-state index contributed by atoms with van der Waals surface area (Å²) in [6, 6.07) is 2.16. The van der Waals surface area contributed by atoms with Gasteiger partial charge in [0.25, 0.3) is 0 Å². The second-order valence-corrected chi connectivity index (χ2v) is 9.72. The van der Waals surface area contributed by atoms with Gasteiger partial charge in [-0.3, -0.25) is 9.69 Å². The van der Waals surface area contributed by atoms with Crippen molar-refractivity contribution in [3.05, 3.63) is 23.8 Å². The number of cyclic esters (lactones) is 1. The van der Waals surface area contributed by atoms with Gasteiger partial charge >= 0.3 is 12.2 Å². The van der Waals surface area contributed by atoms with E-state index in [1.807, 2.05) is 0 Å². The molecule has 2 aliphatic heterocycles. The number of nitrogens with zero attached hydrogens (tertiary/aromatic N) is 2. The molecule has 3 unspecified atom stereocenters. The van der Waals surface area contributed by atoms with E-state index < -0.39 is 35.5 Å². The predicted molar refractivity (Wildman–Crippen MR) is 115 cm³/mol. The van der Waals surface area contributed by atoms with Gasteiger partial charge in [-0.1, -0.05) is 0 Å². The lowest BCUT2D eigenvalue weighted by Gasteiger charge is -2.25. The summed E-state index contributed by atoms with van der Waals surface area (Å²) in [4.78, 5) is 37.9. The molecule has 2 heterocycles. The van der Waals surface area contributed by atoms with Crippen LogP contribution in [0.2, 0.25) is 0 Å². The third-order valence-electron chi connectivity index (χ3n) is 5.96. The van der Waals surface area contributed by atoms with Crippen molar-refractivity contribution in [1.29, 1.82) is 0 Å². The van der Waals surface area contributed by atoms with Crippen LogP contribution in [0.5, 0.6) is 0 Å². The number of carbonyl (C=O) groups excluding carboxylic acids is 3. The lowest BCUT2D eigenvalue weighted by molar-refractivity contribution is -0.119. The molecule has 2 saturated heterocycles. The summed E-state index contributed by atoms with van der Waals surface area (Å²) in [7, 11) is 0. The fraction of sp³-hybridized carbons (Fsp3) is 0.591. The van der Waals surface area contributed by atoms with Gasteiger partial charge in [-0.15, -0.1) is 0 Å². The standard InChI is InChI=1S/C22H28F2N4O5/c1-11(29)25-7-13-8-28(21(31)32-13)12-5-16(23)19(17(24)6-12)27-9-14-15(10-27)18(14)26-20(30)33-22(2,3)4/h5-6,13-15,18H,7-10H2,1-4H3,(H,25,29)(H,26,30). The number of hydrogen-bond acceptors (Lipinski definition) is 6. The van der Waals surface area contributed by atoms with E-state index >= 15 is 0 Å². The van der Waals surface area contributed by atoms with Crippen molar-refractivity contribution in [3.63, 3.8) is 0 Å². The van der Waals surface area contributed by atoms with Gasteiger partial charge in [0, 0.05) is 50.0 Å². The van der Waals surface area contributed by atoms with E-state index in [9.17, 15) is 23.2 Å². The first kappa shape index (κ1) is 23.1. The number of nitrogens with one attached hydrogen (secondary N) is 2. The number of hydrogen-bond donors (Lipinski definition) is 2. The molecule has 1 aromatic rings. The van der Waals surface area contributed by atoms with Crippen LogP contribution in [0, 0.1) is 23.5 Å². The minimum atomic E-state index is -0.777. The second-order valence-electron chi connectivity index (χ2n) is 9.72. The van der Waals surface area contributed by atoms with Crippen molar-refractivity contribution >= 4 is 29.5 Å². The van der Waals surface area contributed by atoms with Gasteiger partial charge in [-0.25, -0.2) is 18.4 Å². The first-order valence-electron chi connectivity index (χ1n) is 10.9. The Kier molecular flexibility index (Phi) is 5.83. The number of ether oxygens (including phenoxy) is 2. The molecule has 3 atom stereocenters. The minimum Gasteiger partial charge on any atom is -0.444 e.